The third kappa shape index (κ3) is 3.75. The molecule has 4 heteroatoms. The quantitative estimate of drug-likeness (QED) is 0.793. The Bertz CT molecular complexity index is 358. The Hall–Kier alpha value is -1.55. The largest absolute Gasteiger partial charge is 0.481 e. The zero-order valence-electron chi connectivity index (χ0n) is 10.4. The maximum atomic E-state index is 10.6. The van der Waals surface area contributed by atoms with Crippen LogP contribution in [0.5, 0.6) is 0 Å². The molecule has 1 aromatic rings. The second kappa shape index (κ2) is 6.25. The van der Waals surface area contributed by atoms with Crippen LogP contribution in [-0.2, 0) is 4.79 Å². The molecule has 0 aromatic heterocycles. The van der Waals surface area contributed by atoms with Crippen LogP contribution in [0.25, 0.3) is 0 Å². The summed E-state index contributed by atoms with van der Waals surface area (Å²) in [5.41, 5.74) is 7.80. The van der Waals surface area contributed by atoms with Gasteiger partial charge in [-0.15, -0.1) is 0 Å². The van der Waals surface area contributed by atoms with Gasteiger partial charge in [0.05, 0.1) is 6.42 Å². The van der Waals surface area contributed by atoms with Gasteiger partial charge >= 0.3 is 5.97 Å². The average Bonchev–Trinajstić information content (AvgIpc) is 2.30. The van der Waals surface area contributed by atoms with Crippen LogP contribution >= 0.6 is 0 Å². The van der Waals surface area contributed by atoms with Gasteiger partial charge in [0, 0.05) is 24.8 Å². The number of carbonyl (C=O) groups is 1. The zero-order valence-corrected chi connectivity index (χ0v) is 10.4. The molecule has 0 aliphatic heterocycles. The molecule has 0 radical (unpaired) electrons. The van der Waals surface area contributed by atoms with E-state index in [1.165, 1.54) is 0 Å². The fourth-order valence-electron chi connectivity index (χ4n) is 1.83. The van der Waals surface area contributed by atoms with Gasteiger partial charge in [-0.05, 0) is 31.5 Å². The molecular weight excluding hydrogens is 216 g/mol. The first-order valence-electron chi connectivity index (χ1n) is 5.90. The second-order valence-electron chi connectivity index (χ2n) is 3.97. The van der Waals surface area contributed by atoms with Gasteiger partial charge in [0.1, 0.15) is 0 Å². The first-order valence-corrected chi connectivity index (χ1v) is 5.90. The van der Waals surface area contributed by atoms with Gasteiger partial charge in [-0.1, -0.05) is 12.1 Å². The molecule has 1 aromatic carbocycles. The summed E-state index contributed by atoms with van der Waals surface area (Å²) in [5, 5.41) is 8.68. The summed E-state index contributed by atoms with van der Waals surface area (Å²) in [6.45, 7) is 6.12. The van der Waals surface area contributed by atoms with Crippen molar-refractivity contribution in [2.75, 3.05) is 18.0 Å². The Morgan fingerprint density at radius 2 is 1.82 bits per heavy atom. The Morgan fingerprint density at radius 1 is 1.29 bits per heavy atom. The standard InChI is InChI=1S/C13H20N2O2/c1-3-15(4-2)11-7-5-10(6-8-11)12(14)9-13(16)17/h5-8,12H,3-4,9,14H2,1-2H3,(H,16,17)/t12-/m1/s1. The molecular formula is C13H20N2O2. The smallest absolute Gasteiger partial charge is 0.305 e. The molecule has 0 saturated heterocycles. The third-order valence-electron chi connectivity index (χ3n) is 2.84. The van der Waals surface area contributed by atoms with Gasteiger partial charge < -0.3 is 15.7 Å². The van der Waals surface area contributed by atoms with Crippen LogP contribution in [0, 0.1) is 0 Å². The van der Waals surface area contributed by atoms with Crippen LogP contribution in [0.1, 0.15) is 31.9 Å². The lowest BCUT2D eigenvalue weighted by Gasteiger charge is -2.21. The second-order valence-corrected chi connectivity index (χ2v) is 3.97. The van der Waals surface area contributed by atoms with Crippen molar-refractivity contribution in [2.45, 2.75) is 26.3 Å². The van der Waals surface area contributed by atoms with Gasteiger partial charge in [-0.25, -0.2) is 0 Å². The first kappa shape index (κ1) is 13.5. The van der Waals surface area contributed by atoms with E-state index in [2.05, 4.69) is 18.7 Å². The van der Waals surface area contributed by atoms with Gasteiger partial charge in [-0.3, -0.25) is 4.79 Å². The summed E-state index contributed by atoms with van der Waals surface area (Å²) in [7, 11) is 0. The number of aliphatic carboxylic acids is 1. The molecule has 0 aliphatic carbocycles. The van der Waals surface area contributed by atoms with E-state index in [9.17, 15) is 4.79 Å². The average molecular weight is 236 g/mol. The normalized spacial score (nSPS) is 12.2. The van der Waals surface area contributed by atoms with Crippen molar-refractivity contribution < 1.29 is 9.90 Å². The predicted molar refractivity (Wildman–Crippen MR) is 69.2 cm³/mol. The van der Waals surface area contributed by atoms with E-state index in [0.717, 1.165) is 24.3 Å². The van der Waals surface area contributed by atoms with Gasteiger partial charge in [0.2, 0.25) is 0 Å². The fourth-order valence-corrected chi connectivity index (χ4v) is 1.83. The summed E-state index contributed by atoms with van der Waals surface area (Å²) in [6, 6.07) is 7.36. The van der Waals surface area contributed by atoms with E-state index in [0.29, 0.717) is 0 Å². The maximum absolute atomic E-state index is 10.6. The summed E-state index contributed by atoms with van der Waals surface area (Å²) in [4.78, 5) is 12.8. The Labute approximate surface area is 102 Å². The Kier molecular flexibility index (Phi) is 4.97. The van der Waals surface area contributed by atoms with E-state index < -0.39 is 12.0 Å². The number of anilines is 1. The summed E-state index contributed by atoms with van der Waals surface area (Å²) in [6.07, 6.45) is -0.0371. The number of hydrogen-bond acceptors (Lipinski definition) is 3. The highest BCUT2D eigenvalue weighted by Crippen LogP contribution is 2.19. The maximum Gasteiger partial charge on any atom is 0.305 e. The molecule has 0 fully saturated rings. The molecule has 1 atom stereocenters. The van der Waals surface area contributed by atoms with Crippen LogP contribution in [0.15, 0.2) is 24.3 Å². The Morgan fingerprint density at radius 3 is 2.24 bits per heavy atom. The third-order valence-corrected chi connectivity index (χ3v) is 2.84. The Balaban J connectivity index is 2.76. The minimum Gasteiger partial charge on any atom is -0.481 e. The van der Waals surface area contributed by atoms with Crippen molar-refractivity contribution in [1.82, 2.24) is 0 Å². The van der Waals surface area contributed by atoms with E-state index >= 15 is 0 Å². The molecule has 0 saturated carbocycles. The van der Waals surface area contributed by atoms with Crippen molar-refractivity contribution >= 4 is 11.7 Å². The molecule has 1 rings (SSSR count). The lowest BCUT2D eigenvalue weighted by Crippen LogP contribution is -2.22. The SMILES string of the molecule is CCN(CC)c1ccc([C@H](N)CC(=O)O)cc1. The number of nitrogens with zero attached hydrogens (tertiary/aromatic N) is 1. The number of carboxylic acid groups (broad SMARTS) is 1. The molecule has 4 nitrogen and oxygen atoms in total. The summed E-state index contributed by atoms with van der Waals surface area (Å²) >= 11 is 0. The number of hydrogen-bond donors (Lipinski definition) is 2. The van der Waals surface area contributed by atoms with Crippen LogP contribution < -0.4 is 10.6 Å². The molecule has 0 spiro atoms. The molecule has 3 N–H and O–H groups in total. The lowest BCUT2D eigenvalue weighted by molar-refractivity contribution is -0.137. The molecule has 17 heavy (non-hydrogen) atoms. The van der Waals surface area contributed by atoms with E-state index in [1.807, 2.05) is 24.3 Å². The minimum absolute atomic E-state index is 0.0371. The number of carboxylic acids is 1. The molecule has 94 valence electrons. The van der Waals surface area contributed by atoms with Crippen molar-refractivity contribution in [1.29, 1.82) is 0 Å². The van der Waals surface area contributed by atoms with Crippen molar-refractivity contribution in [3.8, 4) is 0 Å². The molecule has 0 amide bonds. The predicted octanol–water partition coefficient (Wildman–Crippen LogP) is 2.01. The van der Waals surface area contributed by atoms with Crippen LogP contribution in [0.4, 0.5) is 5.69 Å². The van der Waals surface area contributed by atoms with Gasteiger partial charge in [-0.2, -0.15) is 0 Å². The lowest BCUT2D eigenvalue weighted by atomic mass is 10.0. The summed E-state index contributed by atoms with van der Waals surface area (Å²) in [5.74, 6) is -0.870. The van der Waals surface area contributed by atoms with Gasteiger partial charge in [0.25, 0.3) is 0 Å². The molecule has 0 heterocycles. The first-order chi connectivity index (χ1) is 8.08. The molecule has 0 bridgehead atoms. The highest BCUT2D eigenvalue weighted by molar-refractivity contribution is 5.68. The van der Waals surface area contributed by atoms with E-state index in [4.69, 9.17) is 10.8 Å². The van der Waals surface area contributed by atoms with Crippen molar-refractivity contribution in [3.05, 3.63) is 29.8 Å². The van der Waals surface area contributed by atoms with Crippen molar-refractivity contribution in [2.24, 2.45) is 5.73 Å². The van der Waals surface area contributed by atoms with Crippen LogP contribution in [0.2, 0.25) is 0 Å². The minimum atomic E-state index is -0.870. The fraction of sp³-hybridized carbons (Fsp3) is 0.462. The van der Waals surface area contributed by atoms with Crippen LogP contribution in [-0.4, -0.2) is 24.2 Å². The van der Waals surface area contributed by atoms with Crippen LogP contribution in [0.3, 0.4) is 0 Å². The molecule has 0 unspecified atom stereocenters. The topological polar surface area (TPSA) is 66.6 Å². The molecule has 0 aliphatic rings. The zero-order chi connectivity index (χ0) is 12.8. The summed E-state index contributed by atoms with van der Waals surface area (Å²) < 4.78 is 0. The number of rotatable bonds is 6. The van der Waals surface area contributed by atoms with Gasteiger partial charge in [0.15, 0.2) is 0 Å². The van der Waals surface area contributed by atoms with E-state index in [-0.39, 0.29) is 6.42 Å². The van der Waals surface area contributed by atoms with E-state index in [1.54, 1.807) is 0 Å². The number of benzene rings is 1. The van der Waals surface area contributed by atoms with Crippen molar-refractivity contribution in [3.63, 3.8) is 0 Å². The highest BCUT2D eigenvalue weighted by Gasteiger charge is 2.10. The number of nitrogens with two attached hydrogens (primary N) is 1. The monoisotopic (exact) mass is 236 g/mol. The highest BCUT2D eigenvalue weighted by atomic mass is 16.4.